The van der Waals surface area contributed by atoms with Crippen LogP contribution in [-0.4, -0.2) is 15.0 Å². The van der Waals surface area contributed by atoms with Crippen molar-refractivity contribution in [2.24, 2.45) is 0 Å². The second-order valence-corrected chi connectivity index (χ2v) is 9.76. The van der Waals surface area contributed by atoms with Gasteiger partial charge in [0.2, 0.25) is 0 Å². The molecular weight excluding hydrogens is 482 g/mol. The van der Waals surface area contributed by atoms with Crippen LogP contribution in [0.3, 0.4) is 0 Å². The Labute approximate surface area is 193 Å². The summed E-state index contributed by atoms with van der Waals surface area (Å²) < 4.78 is 86.6. The van der Waals surface area contributed by atoms with Gasteiger partial charge in [-0.2, -0.15) is 13.2 Å². The van der Waals surface area contributed by atoms with Crippen LogP contribution in [0.4, 0.5) is 23.2 Å². The summed E-state index contributed by atoms with van der Waals surface area (Å²) >= 11 is 6.02. The van der Waals surface area contributed by atoms with Crippen molar-refractivity contribution in [1.29, 1.82) is 0 Å². The quantitative estimate of drug-likeness (QED) is 0.392. The average Bonchev–Trinajstić information content (AvgIpc) is 2.77. The lowest BCUT2D eigenvalue weighted by atomic mass is 10.0. The van der Waals surface area contributed by atoms with Crippen LogP contribution < -0.4 is 9.04 Å². The Balaban J connectivity index is 1.66. The Bertz CT molecular complexity index is 1270. The van der Waals surface area contributed by atoms with Crippen LogP contribution in [0.15, 0.2) is 65.6 Å². The molecule has 0 fully saturated rings. The second-order valence-electron chi connectivity index (χ2n) is 7.49. The number of nitrogens with zero attached hydrogens (tertiary/aromatic N) is 1. The third-order valence-electron chi connectivity index (χ3n) is 5.33. The van der Waals surface area contributed by atoms with Crippen LogP contribution in [0.2, 0.25) is 5.02 Å². The van der Waals surface area contributed by atoms with Crippen molar-refractivity contribution in [2.75, 3.05) is 10.8 Å². The van der Waals surface area contributed by atoms with Gasteiger partial charge in [-0.25, -0.2) is 12.8 Å². The van der Waals surface area contributed by atoms with Crippen LogP contribution in [0.5, 0.6) is 5.75 Å². The van der Waals surface area contributed by atoms with E-state index >= 15 is 0 Å². The van der Waals surface area contributed by atoms with Crippen molar-refractivity contribution in [1.82, 2.24) is 0 Å². The zero-order valence-electron chi connectivity index (χ0n) is 17.1. The van der Waals surface area contributed by atoms with Crippen molar-refractivity contribution in [2.45, 2.75) is 30.5 Å². The van der Waals surface area contributed by atoms with Gasteiger partial charge in [0.25, 0.3) is 10.0 Å². The fourth-order valence-electron chi connectivity index (χ4n) is 3.65. The Morgan fingerprint density at radius 3 is 2.52 bits per heavy atom. The van der Waals surface area contributed by atoms with Gasteiger partial charge in [-0.3, -0.25) is 4.31 Å². The van der Waals surface area contributed by atoms with E-state index in [1.54, 1.807) is 12.1 Å². The number of hydrogen-bond acceptors (Lipinski definition) is 3. The summed E-state index contributed by atoms with van der Waals surface area (Å²) in [5, 5.41) is 0.196. The van der Waals surface area contributed by atoms with Gasteiger partial charge in [0.1, 0.15) is 18.2 Å². The maximum atomic E-state index is 14.0. The minimum Gasteiger partial charge on any atom is -0.489 e. The first-order valence-electron chi connectivity index (χ1n) is 9.96. The lowest BCUT2D eigenvalue weighted by Gasteiger charge is -2.31. The summed E-state index contributed by atoms with van der Waals surface area (Å²) in [5.41, 5.74) is 0.147. The molecule has 0 bridgehead atoms. The van der Waals surface area contributed by atoms with Crippen molar-refractivity contribution < 1.29 is 30.7 Å². The van der Waals surface area contributed by atoms with E-state index in [0.717, 1.165) is 22.5 Å². The van der Waals surface area contributed by atoms with Crippen molar-refractivity contribution >= 4 is 27.3 Å². The highest BCUT2D eigenvalue weighted by atomic mass is 35.5. The predicted octanol–water partition coefficient (Wildman–Crippen LogP) is 6.22. The molecule has 0 N–H and O–H groups in total. The van der Waals surface area contributed by atoms with Crippen LogP contribution in [0, 0.1) is 5.82 Å². The van der Waals surface area contributed by atoms with Gasteiger partial charge in [-0.15, -0.1) is 0 Å². The molecular formula is C23H18ClF4NO3S. The zero-order valence-corrected chi connectivity index (χ0v) is 18.6. The maximum Gasteiger partial charge on any atom is 0.416 e. The monoisotopic (exact) mass is 499 g/mol. The molecule has 0 aliphatic carbocycles. The molecule has 3 aromatic rings. The Hall–Kier alpha value is -2.78. The van der Waals surface area contributed by atoms with Gasteiger partial charge in [0.15, 0.2) is 0 Å². The normalized spacial score (nSPS) is 14.2. The molecule has 174 valence electrons. The number of sulfonamides is 1. The van der Waals surface area contributed by atoms with Crippen molar-refractivity contribution in [3.05, 3.63) is 88.2 Å². The lowest BCUT2D eigenvalue weighted by Crippen LogP contribution is -2.35. The minimum absolute atomic E-state index is 0.105. The smallest absolute Gasteiger partial charge is 0.416 e. The number of anilines is 1. The molecule has 0 saturated carbocycles. The Morgan fingerprint density at radius 1 is 1.03 bits per heavy atom. The molecule has 0 unspecified atom stereocenters. The molecule has 0 atom stereocenters. The van der Waals surface area contributed by atoms with Gasteiger partial charge < -0.3 is 4.74 Å². The largest absolute Gasteiger partial charge is 0.489 e. The molecule has 1 aliphatic rings. The van der Waals surface area contributed by atoms with E-state index in [4.69, 9.17) is 16.3 Å². The lowest BCUT2D eigenvalue weighted by molar-refractivity contribution is -0.137. The molecule has 0 spiro atoms. The van der Waals surface area contributed by atoms with Gasteiger partial charge in [-0.05, 0) is 54.8 Å². The van der Waals surface area contributed by atoms with Crippen LogP contribution in [0.1, 0.15) is 23.1 Å². The van der Waals surface area contributed by atoms with E-state index in [0.29, 0.717) is 30.2 Å². The van der Waals surface area contributed by atoms with E-state index in [9.17, 15) is 26.0 Å². The fraction of sp³-hybridized carbons (Fsp3) is 0.217. The molecule has 3 aromatic carbocycles. The summed E-state index contributed by atoms with van der Waals surface area (Å²) in [7, 11) is -4.26. The highest BCUT2D eigenvalue weighted by molar-refractivity contribution is 7.92. The van der Waals surface area contributed by atoms with E-state index in [2.05, 4.69) is 0 Å². The molecule has 0 saturated heterocycles. The molecule has 1 aliphatic heterocycles. The predicted molar refractivity (Wildman–Crippen MR) is 116 cm³/mol. The summed E-state index contributed by atoms with van der Waals surface area (Å²) in [6.07, 6.45) is -3.56. The van der Waals surface area contributed by atoms with Crippen LogP contribution in [-0.2, 0) is 29.2 Å². The minimum atomic E-state index is -4.67. The Kier molecular flexibility index (Phi) is 6.28. The number of benzene rings is 3. The summed E-state index contributed by atoms with van der Waals surface area (Å²) in [4.78, 5) is -0.449. The summed E-state index contributed by atoms with van der Waals surface area (Å²) in [6.45, 7) is -0.0706. The van der Waals surface area contributed by atoms with Gasteiger partial charge in [-0.1, -0.05) is 29.8 Å². The van der Waals surface area contributed by atoms with Crippen LogP contribution in [0.25, 0.3) is 0 Å². The highest BCUT2D eigenvalue weighted by Crippen LogP contribution is 2.37. The first-order valence-corrected chi connectivity index (χ1v) is 11.8. The van der Waals surface area contributed by atoms with Gasteiger partial charge in [0, 0.05) is 18.2 Å². The number of halogens is 5. The SMILES string of the molecule is O=S(=O)(c1cccc(C(F)(F)F)c1)N1CCCc2ccc(OCc3c(F)cccc3Cl)cc21. The zero-order chi connectivity index (χ0) is 23.8. The first-order chi connectivity index (χ1) is 15.6. The second kappa shape index (κ2) is 8.87. The number of rotatable bonds is 5. The van der Waals surface area contributed by atoms with Crippen molar-refractivity contribution in [3.8, 4) is 5.75 Å². The van der Waals surface area contributed by atoms with E-state index in [-0.39, 0.29) is 29.5 Å². The molecule has 10 heteroatoms. The number of aryl methyl sites for hydroxylation is 1. The highest BCUT2D eigenvalue weighted by Gasteiger charge is 2.34. The summed E-state index contributed by atoms with van der Waals surface area (Å²) in [6, 6.07) is 12.7. The Morgan fingerprint density at radius 2 is 1.79 bits per heavy atom. The number of ether oxygens (including phenoxy) is 1. The molecule has 1 heterocycles. The molecule has 0 amide bonds. The van der Waals surface area contributed by atoms with Gasteiger partial charge >= 0.3 is 6.18 Å². The third kappa shape index (κ3) is 4.79. The first kappa shape index (κ1) is 23.4. The summed E-state index contributed by atoms with van der Waals surface area (Å²) in [5.74, 6) is -0.256. The third-order valence-corrected chi connectivity index (χ3v) is 7.49. The van der Waals surface area contributed by atoms with Crippen LogP contribution >= 0.6 is 11.6 Å². The number of hydrogen-bond donors (Lipinski definition) is 0. The molecule has 4 rings (SSSR count). The molecule has 4 nitrogen and oxygen atoms in total. The van der Waals surface area contributed by atoms with E-state index in [1.807, 2.05) is 0 Å². The number of alkyl halides is 3. The average molecular weight is 500 g/mol. The fourth-order valence-corrected chi connectivity index (χ4v) is 5.44. The molecule has 0 aromatic heterocycles. The number of fused-ring (bicyclic) bond motifs is 1. The van der Waals surface area contributed by atoms with Gasteiger partial charge in [0.05, 0.1) is 21.2 Å². The standard InChI is InChI=1S/C23H18ClF4NO3S/c24-20-7-2-8-21(25)19(20)14-32-17-10-9-15-4-3-11-29(22(15)13-17)33(30,31)18-6-1-5-16(12-18)23(26,27)28/h1-2,5-10,12-13H,3-4,11,14H2. The molecule has 33 heavy (non-hydrogen) atoms. The van der Waals surface area contributed by atoms with E-state index < -0.39 is 32.5 Å². The van der Waals surface area contributed by atoms with E-state index in [1.165, 1.54) is 24.3 Å². The topological polar surface area (TPSA) is 46.6 Å². The molecule has 0 radical (unpaired) electrons. The van der Waals surface area contributed by atoms with Crippen molar-refractivity contribution in [3.63, 3.8) is 0 Å². The maximum absolute atomic E-state index is 14.0.